The Morgan fingerprint density at radius 1 is 1.35 bits per heavy atom. The molecule has 2 rings (SSSR count). The van der Waals surface area contributed by atoms with Crippen molar-refractivity contribution in [2.45, 2.75) is 32.7 Å². The average molecular weight is 373 g/mol. The summed E-state index contributed by atoms with van der Waals surface area (Å²) in [6.07, 6.45) is 2.13. The summed E-state index contributed by atoms with van der Waals surface area (Å²) in [5.74, 6) is 0. The fourth-order valence-corrected chi connectivity index (χ4v) is 3.94. The Balaban J connectivity index is 2.24. The van der Waals surface area contributed by atoms with E-state index in [2.05, 4.69) is 58.7 Å². The Labute approximate surface area is 138 Å². The number of aryl methyl sites for hydroxylation is 1. The summed E-state index contributed by atoms with van der Waals surface area (Å²) in [5, 5.41) is 6.59. The first-order valence-electron chi connectivity index (χ1n) is 6.82. The van der Waals surface area contributed by atoms with Crippen LogP contribution in [-0.2, 0) is 6.42 Å². The van der Waals surface area contributed by atoms with E-state index in [1.165, 1.54) is 16.0 Å². The topological polar surface area (TPSA) is 12.0 Å². The van der Waals surface area contributed by atoms with E-state index >= 15 is 0 Å². The lowest BCUT2D eigenvalue weighted by molar-refractivity contribution is 0.530. The summed E-state index contributed by atoms with van der Waals surface area (Å²) in [7, 11) is 0. The Hall–Kier alpha value is -0.350. The van der Waals surface area contributed by atoms with Gasteiger partial charge in [-0.25, -0.2) is 0 Å². The molecule has 1 aromatic carbocycles. The molecule has 1 nitrogen and oxygen atoms in total. The number of thiophene rings is 1. The Morgan fingerprint density at radius 3 is 2.80 bits per heavy atom. The van der Waals surface area contributed by atoms with E-state index in [1.807, 2.05) is 6.07 Å². The predicted molar refractivity (Wildman–Crippen MR) is 92.9 cm³/mol. The van der Waals surface area contributed by atoms with Crippen molar-refractivity contribution >= 4 is 38.9 Å². The van der Waals surface area contributed by atoms with Crippen LogP contribution < -0.4 is 5.32 Å². The fourth-order valence-electron chi connectivity index (χ4n) is 2.26. The minimum atomic E-state index is 0.319. The van der Waals surface area contributed by atoms with Crippen LogP contribution in [0.25, 0.3) is 0 Å². The molecule has 2 aromatic rings. The summed E-state index contributed by atoms with van der Waals surface area (Å²) < 4.78 is 1.16. The highest BCUT2D eigenvalue weighted by atomic mass is 79.9. The Bertz CT molecular complexity index is 567. The van der Waals surface area contributed by atoms with Crippen molar-refractivity contribution in [3.05, 3.63) is 55.1 Å². The first-order valence-corrected chi connectivity index (χ1v) is 8.87. The third kappa shape index (κ3) is 4.32. The van der Waals surface area contributed by atoms with Gasteiger partial charge in [-0.05, 0) is 65.1 Å². The zero-order valence-electron chi connectivity index (χ0n) is 11.7. The second-order valence-electron chi connectivity index (χ2n) is 4.94. The zero-order valence-corrected chi connectivity index (χ0v) is 14.9. The van der Waals surface area contributed by atoms with Crippen molar-refractivity contribution in [3.8, 4) is 0 Å². The lowest BCUT2D eigenvalue weighted by atomic mass is 9.98. The van der Waals surface area contributed by atoms with Gasteiger partial charge < -0.3 is 5.32 Å². The van der Waals surface area contributed by atoms with Gasteiger partial charge in [0, 0.05) is 32.2 Å². The molecule has 0 radical (unpaired) electrons. The third-order valence-electron chi connectivity index (χ3n) is 3.28. The number of halogens is 2. The molecular formula is C16H19BrClNS. The summed E-state index contributed by atoms with van der Waals surface area (Å²) >= 11 is 11.5. The van der Waals surface area contributed by atoms with E-state index in [-0.39, 0.29) is 0 Å². The Kier molecular flexibility index (Phi) is 6.09. The van der Waals surface area contributed by atoms with Gasteiger partial charge in [-0.2, -0.15) is 0 Å². The molecule has 0 bridgehead atoms. The van der Waals surface area contributed by atoms with Gasteiger partial charge >= 0.3 is 0 Å². The number of hydrogen-bond donors (Lipinski definition) is 1. The van der Waals surface area contributed by atoms with Gasteiger partial charge in [0.25, 0.3) is 0 Å². The molecule has 108 valence electrons. The van der Waals surface area contributed by atoms with Gasteiger partial charge in [0.2, 0.25) is 0 Å². The van der Waals surface area contributed by atoms with Crippen molar-refractivity contribution in [2.24, 2.45) is 0 Å². The molecule has 1 unspecified atom stereocenters. The monoisotopic (exact) mass is 371 g/mol. The van der Waals surface area contributed by atoms with Crippen LogP contribution in [0.4, 0.5) is 0 Å². The molecule has 0 amide bonds. The normalized spacial score (nSPS) is 12.6. The number of hydrogen-bond acceptors (Lipinski definition) is 2. The van der Waals surface area contributed by atoms with E-state index in [0.717, 1.165) is 28.9 Å². The predicted octanol–water partition coefficient (Wildman–Crippen LogP) is 5.76. The SMILES string of the molecule is CCCNC(Cc1cc(Br)cs1)c1cc(Cl)ccc1C. The van der Waals surface area contributed by atoms with Gasteiger partial charge in [-0.3, -0.25) is 0 Å². The van der Waals surface area contributed by atoms with E-state index in [0.29, 0.717) is 6.04 Å². The van der Waals surface area contributed by atoms with Gasteiger partial charge in [0.15, 0.2) is 0 Å². The highest BCUT2D eigenvalue weighted by molar-refractivity contribution is 9.10. The zero-order chi connectivity index (χ0) is 14.5. The molecule has 20 heavy (non-hydrogen) atoms. The highest BCUT2D eigenvalue weighted by Gasteiger charge is 2.15. The summed E-state index contributed by atoms with van der Waals surface area (Å²) in [6, 6.07) is 8.67. The molecule has 0 aliphatic heterocycles. The van der Waals surface area contributed by atoms with Gasteiger partial charge in [0.1, 0.15) is 0 Å². The van der Waals surface area contributed by atoms with Crippen LogP contribution in [0.5, 0.6) is 0 Å². The fraction of sp³-hybridized carbons (Fsp3) is 0.375. The molecule has 0 fully saturated rings. The molecule has 1 aromatic heterocycles. The smallest absolute Gasteiger partial charge is 0.0409 e. The molecule has 1 heterocycles. The third-order valence-corrected chi connectivity index (χ3v) is 5.24. The minimum Gasteiger partial charge on any atom is -0.310 e. The maximum absolute atomic E-state index is 6.17. The van der Waals surface area contributed by atoms with E-state index in [1.54, 1.807) is 11.3 Å². The van der Waals surface area contributed by atoms with E-state index in [9.17, 15) is 0 Å². The van der Waals surface area contributed by atoms with Crippen LogP contribution in [0.2, 0.25) is 5.02 Å². The first kappa shape index (κ1) is 16.0. The Morgan fingerprint density at radius 2 is 2.15 bits per heavy atom. The van der Waals surface area contributed by atoms with Crippen molar-refractivity contribution in [1.29, 1.82) is 0 Å². The van der Waals surface area contributed by atoms with E-state index < -0.39 is 0 Å². The van der Waals surface area contributed by atoms with Crippen LogP contribution >= 0.6 is 38.9 Å². The molecule has 1 N–H and O–H groups in total. The molecule has 4 heteroatoms. The molecule has 0 aliphatic carbocycles. The van der Waals surface area contributed by atoms with Crippen molar-refractivity contribution < 1.29 is 0 Å². The van der Waals surface area contributed by atoms with Gasteiger partial charge in [-0.15, -0.1) is 11.3 Å². The lowest BCUT2D eigenvalue weighted by Gasteiger charge is -2.20. The van der Waals surface area contributed by atoms with Gasteiger partial charge in [0.05, 0.1) is 0 Å². The molecule has 0 spiro atoms. The minimum absolute atomic E-state index is 0.319. The molecule has 1 atom stereocenters. The molecule has 0 aliphatic rings. The number of nitrogens with one attached hydrogen (secondary N) is 1. The van der Waals surface area contributed by atoms with Crippen LogP contribution in [-0.4, -0.2) is 6.54 Å². The first-order chi connectivity index (χ1) is 9.60. The van der Waals surface area contributed by atoms with Crippen LogP contribution in [0, 0.1) is 6.92 Å². The average Bonchev–Trinajstić information content (AvgIpc) is 2.83. The summed E-state index contributed by atoms with van der Waals surface area (Å²) in [5.41, 5.74) is 2.59. The van der Waals surface area contributed by atoms with Crippen LogP contribution in [0.3, 0.4) is 0 Å². The summed E-state index contributed by atoms with van der Waals surface area (Å²) in [6.45, 7) is 5.36. The lowest BCUT2D eigenvalue weighted by Crippen LogP contribution is -2.24. The highest BCUT2D eigenvalue weighted by Crippen LogP contribution is 2.28. The molecule has 0 saturated heterocycles. The molecular weight excluding hydrogens is 354 g/mol. The quantitative estimate of drug-likeness (QED) is 0.680. The number of rotatable bonds is 6. The van der Waals surface area contributed by atoms with E-state index in [4.69, 9.17) is 11.6 Å². The largest absolute Gasteiger partial charge is 0.310 e. The summed E-state index contributed by atoms with van der Waals surface area (Å²) in [4.78, 5) is 1.38. The maximum atomic E-state index is 6.17. The second-order valence-corrected chi connectivity index (χ2v) is 7.29. The van der Waals surface area contributed by atoms with Gasteiger partial charge in [-0.1, -0.05) is 24.6 Å². The van der Waals surface area contributed by atoms with Crippen molar-refractivity contribution in [3.63, 3.8) is 0 Å². The second kappa shape index (κ2) is 7.60. The van der Waals surface area contributed by atoms with Crippen LogP contribution in [0.1, 0.15) is 35.4 Å². The molecule has 0 saturated carbocycles. The van der Waals surface area contributed by atoms with Crippen molar-refractivity contribution in [1.82, 2.24) is 5.32 Å². The number of benzene rings is 1. The maximum Gasteiger partial charge on any atom is 0.0409 e. The standard InChI is InChI=1S/C16H19BrClNS/c1-3-6-19-16(9-14-7-12(17)10-20-14)15-8-13(18)5-4-11(15)2/h4-5,7-8,10,16,19H,3,6,9H2,1-2H3. The van der Waals surface area contributed by atoms with Crippen molar-refractivity contribution in [2.75, 3.05) is 6.54 Å². The van der Waals surface area contributed by atoms with Crippen LogP contribution in [0.15, 0.2) is 34.1 Å².